The van der Waals surface area contributed by atoms with Gasteiger partial charge in [-0.1, -0.05) is 18.2 Å². The van der Waals surface area contributed by atoms with Crippen molar-refractivity contribution in [1.82, 2.24) is 4.31 Å². The zero-order valence-corrected chi connectivity index (χ0v) is 16.4. The number of sulfonamides is 1. The molecule has 29 heavy (non-hydrogen) atoms. The van der Waals surface area contributed by atoms with Crippen LogP contribution in [0.3, 0.4) is 0 Å². The van der Waals surface area contributed by atoms with E-state index in [0.29, 0.717) is 0 Å². The minimum Gasteiger partial charge on any atom is -0.379 e. The van der Waals surface area contributed by atoms with Gasteiger partial charge in [-0.2, -0.15) is 9.41 Å². The quantitative estimate of drug-likeness (QED) is 0.435. The van der Waals surface area contributed by atoms with Crippen molar-refractivity contribution >= 4 is 27.1 Å². The molecule has 2 aromatic carbocycles. The van der Waals surface area contributed by atoms with Crippen LogP contribution in [0.4, 0.5) is 15.8 Å². The van der Waals surface area contributed by atoms with E-state index in [2.05, 4.69) is 10.5 Å². The number of non-ortho nitro benzene ring substituents is 1. The number of halogens is 1. The summed E-state index contributed by atoms with van der Waals surface area (Å²) in [7, 11) is -4.03. The van der Waals surface area contributed by atoms with E-state index in [0.717, 1.165) is 6.07 Å². The minimum absolute atomic E-state index is 0.0535. The molecule has 0 radical (unpaired) electrons. The van der Waals surface area contributed by atoms with Crippen molar-refractivity contribution in [2.24, 2.45) is 5.10 Å². The first-order chi connectivity index (χ1) is 13.8. The van der Waals surface area contributed by atoms with Crippen LogP contribution in [0.1, 0.15) is 12.5 Å². The molecule has 1 aliphatic rings. The number of anilines is 1. The van der Waals surface area contributed by atoms with Crippen molar-refractivity contribution in [2.75, 3.05) is 31.7 Å². The number of hydrogen-bond acceptors (Lipinski definition) is 7. The normalized spacial score (nSPS) is 15.9. The monoisotopic (exact) mass is 422 g/mol. The second-order valence-corrected chi connectivity index (χ2v) is 8.15. The van der Waals surface area contributed by atoms with E-state index in [4.69, 9.17) is 4.74 Å². The van der Waals surface area contributed by atoms with Crippen LogP contribution >= 0.6 is 0 Å². The topological polar surface area (TPSA) is 114 Å². The number of benzene rings is 2. The number of nitro groups is 1. The highest BCUT2D eigenvalue weighted by Crippen LogP contribution is 2.29. The lowest BCUT2D eigenvalue weighted by molar-refractivity contribution is -0.385. The zero-order chi connectivity index (χ0) is 21.0. The van der Waals surface area contributed by atoms with E-state index in [1.54, 1.807) is 19.1 Å². The molecule has 0 spiro atoms. The Morgan fingerprint density at radius 1 is 1.24 bits per heavy atom. The van der Waals surface area contributed by atoms with Gasteiger partial charge in [0.1, 0.15) is 10.7 Å². The Morgan fingerprint density at radius 3 is 2.59 bits per heavy atom. The van der Waals surface area contributed by atoms with E-state index >= 15 is 0 Å². The number of nitrogens with zero attached hydrogens (tertiary/aromatic N) is 3. The second-order valence-electron chi connectivity index (χ2n) is 6.24. The van der Waals surface area contributed by atoms with Gasteiger partial charge in [-0.25, -0.2) is 12.8 Å². The van der Waals surface area contributed by atoms with Gasteiger partial charge in [0.05, 0.1) is 29.5 Å². The fourth-order valence-corrected chi connectivity index (χ4v) is 4.38. The highest BCUT2D eigenvalue weighted by molar-refractivity contribution is 7.89. The first kappa shape index (κ1) is 20.8. The van der Waals surface area contributed by atoms with Crippen molar-refractivity contribution in [1.29, 1.82) is 0 Å². The molecule has 0 aliphatic carbocycles. The SMILES string of the molecule is C/C(=N/Nc1ccc([N+](=O)[O-])cc1S(=O)(=O)N1CCOCC1)c1ccccc1F. The summed E-state index contributed by atoms with van der Waals surface area (Å²) in [6, 6.07) is 9.45. The number of rotatable bonds is 6. The number of ether oxygens (including phenoxy) is 1. The predicted octanol–water partition coefficient (Wildman–Crippen LogP) is 2.59. The molecule has 1 saturated heterocycles. The molecule has 0 saturated carbocycles. The zero-order valence-electron chi connectivity index (χ0n) is 15.5. The fourth-order valence-electron chi connectivity index (χ4n) is 2.82. The molecule has 0 bridgehead atoms. The standard InChI is InChI=1S/C18H19FN4O5S/c1-13(15-4-2-3-5-16(15)19)20-21-17-7-6-14(23(24)25)12-18(17)29(26,27)22-8-10-28-11-9-22/h2-7,12,21H,8-11H2,1H3/b20-13-. The molecule has 2 aromatic rings. The number of nitro benzene ring substituents is 1. The summed E-state index contributed by atoms with van der Waals surface area (Å²) in [5.41, 5.74) is 2.84. The second kappa shape index (κ2) is 8.64. The lowest BCUT2D eigenvalue weighted by Gasteiger charge is -2.26. The summed E-state index contributed by atoms with van der Waals surface area (Å²) in [6.07, 6.45) is 0. The molecule has 11 heteroatoms. The summed E-state index contributed by atoms with van der Waals surface area (Å²) in [6.45, 7) is 2.32. The minimum atomic E-state index is -4.03. The van der Waals surface area contributed by atoms with E-state index in [1.807, 2.05) is 0 Å². The Morgan fingerprint density at radius 2 is 1.93 bits per heavy atom. The van der Waals surface area contributed by atoms with Gasteiger partial charge in [0.15, 0.2) is 0 Å². The molecule has 1 N–H and O–H groups in total. The van der Waals surface area contributed by atoms with Crippen LogP contribution < -0.4 is 5.43 Å². The van der Waals surface area contributed by atoms with Gasteiger partial charge in [0.2, 0.25) is 10.0 Å². The van der Waals surface area contributed by atoms with Gasteiger partial charge in [0, 0.05) is 30.8 Å². The number of hydrogen-bond donors (Lipinski definition) is 1. The van der Waals surface area contributed by atoms with Gasteiger partial charge in [-0.3, -0.25) is 15.5 Å². The molecule has 0 amide bonds. The van der Waals surface area contributed by atoms with Gasteiger partial charge in [-0.15, -0.1) is 0 Å². The first-order valence-electron chi connectivity index (χ1n) is 8.72. The lowest BCUT2D eigenvalue weighted by atomic mass is 10.1. The third-order valence-corrected chi connectivity index (χ3v) is 6.31. The number of morpholine rings is 1. The van der Waals surface area contributed by atoms with Crippen LogP contribution in [0, 0.1) is 15.9 Å². The number of nitrogens with one attached hydrogen (secondary N) is 1. The van der Waals surface area contributed by atoms with E-state index in [-0.39, 0.29) is 53.8 Å². The third-order valence-electron chi connectivity index (χ3n) is 4.37. The first-order valence-corrected chi connectivity index (χ1v) is 10.2. The van der Waals surface area contributed by atoms with E-state index in [1.165, 1.54) is 28.6 Å². The molecule has 1 heterocycles. The Bertz CT molecular complexity index is 1050. The number of hydrazone groups is 1. The summed E-state index contributed by atoms with van der Waals surface area (Å²) in [5.74, 6) is -0.472. The molecule has 0 atom stereocenters. The van der Waals surface area contributed by atoms with Crippen molar-refractivity contribution in [2.45, 2.75) is 11.8 Å². The Kier molecular flexibility index (Phi) is 6.20. The smallest absolute Gasteiger partial charge is 0.270 e. The molecule has 0 unspecified atom stereocenters. The average Bonchev–Trinajstić information content (AvgIpc) is 2.72. The van der Waals surface area contributed by atoms with Crippen molar-refractivity contribution in [3.05, 3.63) is 64.0 Å². The molecule has 1 aliphatic heterocycles. The fraction of sp³-hybridized carbons (Fsp3) is 0.278. The summed E-state index contributed by atoms with van der Waals surface area (Å²) in [5, 5.41) is 15.2. The van der Waals surface area contributed by atoms with E-state index < -0.39 is 20.8 Å². The maximum Gasteiger partial charge on any atom is 0.270 e. The maximum atomic E-state index is 13.9. The summed E-state index contributed by atoms with van der Waals surface area (Å²) in [4.78, 5) is 10.2. The van der Waals surface area contributed by atoms with Gasteiger partial charge in [-0.05, 0) is 19.1 Å². The average molecular weight is 422 g/mol. The molecule has 9 nitrogen and oxygen atoms in total. The van der Waals surface area contributed by atoms with Crippen LogP contribution in [0.25, 0.3) is 0 Å². The molecular weight excluding hydrogens is 403 g/mol. The lowest BCUT2D eigenvalue weighted by Crippen LogP contribution is -2.40. The Labute approximate surface area is 167 Å². The van der Waals surface area contributed by atoms with Crippen LogP contribution in [0.2, 0.25) is 0 Å². The van der Waals surface area contributed by atoms with Crippen LogP contribution in [-0.2, 0) is 14.8 Å². The van der Waals surface area contributed by atoms with Gasteiger partial charge in [0.25, 0.3) is 5.69 Å². The van der Waals surface area contributed by atoms with E-state index in [9.17, 15) is 22.9 Å². The predicted molar refractivity (Wildman–Crippen MR) is 105 cm³/mol. The van der Waals surface area contributed by atoms with Crippen molar-refractivity contribution in [3.63, 3.8) is 0 Å². The van der Waals surface area contributed by atoms with Crippen molar-refractivity contribution in [3.8, 4) is 0 Å². The van der Waals surface area contributed by atoms with Crippen LogP contribution in [0.5, 0.6) is 0 Å². The maximum absolute atomic E-state index is 13.9. The van der Waals surface area contributed by atoms with Gasteiger partial charge < -0.3 is 4.74 Å². The molecule has 0 aromatic heterocycles. The summed E-state index contributed by atoms with van der Waals surface area (Å²) >= 11 is 0. The molecular formula is C18H19FN4O5S. The largest absolute Gasteiger partial charge is 0.379 e. The van der Waals surface area contributed by atoms with Gasteiger partial charge >= 0.3 is 0 Å². The third kappa shape index (κ3) is 4.58. The molecule has 154 valence electrons. The highest BCUT2D eigenvalue weighted by atomic mass is 32.2. The summed E-state index contributed by atoms with van der Waals surface area (Å²) < 4.78 is 46.4. The Balaban J connectivity index is 1.99. The highest BCUT2D eigenvalue weighted by Gasteiger charge is 2.30. The van der Waals surface area contributed by atoms with Crippen LogP contribution in [-0.4, -0.2) is 49.7 Å². The van der Waals surface area contributed by atoms with Crippen LogP contribution in [0.15, 0.2) is 52.5 Å². The Hall–Kier alpha value is -2.89. The van der Waals surface area contributed by atoms with Crippen molar-refractivity contribution < 1.29 is 22.5 Å². The molecule has 1 fully saturated rings. The molecule has 3 rings (SSSR count).